The molecule has 0 saturated carbocycles. The van der Waals surface area contributed by atoms with Crippen LogP contribution >= 0.6 is 0 Å². The Morgan fingerprint density at radius 2 is 2.15 bits per heavy atom. The van der Waals surface area contributed by atoms with E-state index in [0.29, 0.717) is 11.3 Å². The Morgan fingerprint density at radius 1 is 1.40 bits per heavy atom. The lowest BCUT2D eigenvalue weighted by Crippen LogP contribution is -2.40. The van der Waals surface area contributed by atoms with Crippen molar-refractivity contribution in [2.45, 2.75) is 19.4 Å². The van der Waals surface area contributed by atoms with Crippen LogP contribution in [0.4, 0.5) is 4.79 Å². The third kappa shape index (κ3) is 2.72. The summed E-state index contributed by atoms with van der Waals surface area (Å²) in [5.41, 5.74) is -0.365. The Bertz CT molecular complexity index is 590. The van der Waals surface area contributed by atoms with Gasteiger partial charge in [0.2, 0.25) is 0 Å². The third-order valence-corrected chi connectivity index (χ3v) is 2.99. The topological polar surface area (TPSA) is 82.4 Å². The fourth-order valence-electron chi connectivity index (χ4n) is 1.93. The van der Waals surface area contributed by atoms with Gasteiger partial charge in [0.1, 0.15) is 17.9 Å². The lowest BCUT2D eigenvalue weighted by Gasteiger charge is -2.16. The smallest absolute Gasteiger partial charge is 0.325 e. The molecule has 0 atom stereocenters. The number of hydrogen-bond acceptors (Lipinski definition) is 4. The molecule has 2 rings (SSSR count). The number of nitrogens with zero attached hydrogens (tertiary/aromatic N) is 2. The lowest BCUT2D eigenvalue weighted by molar-refractivity contribution is -0.130. The van der Waals surface area contributed by atoms with E-state index in [-0.39, 0.29) is 19.1 Å². The number of imide groups is 1. The van der Waals surface area contributed by atoms with E-state index in [1.807, 2.05) is 6.07 Å². The highest BCUT2D eigenvalue weighted by atomic mass is 16.5. The first-order valence-corrected chi connectivity index (χ1v) is 6.21. The van der Waals surface area contributed by atoms with Crippen LogP contribution in [0.25, 0.3) is 0 Å². The molecule has 104 valence electrons. The van der Waals surface area contributed by atoms with Crippen LogP contribution in [-0.4, -0.2) is 35.5 Å². The van der Waals surface area contributed by atoms with Gasteiger partial charge in [-0.2, -0.15) is 5.26 Å². The quantitative estimate of drug-likeness (QED) is 0.837. The van der Waals surface area contributed by atoms with Crippen LogP contribution < -0.4 is 10.1 Å². The van der Waals surface area contributed by atoms with Gasteiger partial charge in [-0.25, -0.2) is 4.79 Å². The van der Waals surface area contributed by atoms with Gasteiger partial charge in [0, 0.05) is 0 Å². The summed E-state index contributed by atoms with van der Waals surface area (Å²) in [7, 11) is 0. The molecule has 1 aromatic carbocycles. The molecule has 1 aliphatic heterocycles. The zero-order valence-corrected chi connectivity index (χ0v) is 11.3. The molecule has 1 N–H and O–H groups in total. The van der Waals surface area contributed by atoms with Crippen LogP contribution in [0.2, 0.25) is 0 Å². The van der Waals surface area contributed by atoms with Gasteiger partial charge in [-0.15, -0.1) is 0 Å². The largest absolute Gasteiger partial charge is 0.492 e. The lowest BCUT2D eigenvalue weighted by atomic mass is 10.1. The van der Waals surface area contributed by atoms with E-state index in [1.54, 1.807) is 38.1 Å². The molecule has 3 amide bonds. The Kier molecular flexibility index (Phi) is 3.61. The molecule has 0 bridgehead atoms. The molecule has 0 spiro atoms. The van der Waals surface area contributed by atoms with Crippen molar-refractivity contribution >= 4 is 11.9 Å². The van der Waals surface area contributed by atoms with E-state index in [2.05, 4.69) is 5.32 Å². The molecule has 1 fully saturated rings. The summed E-state index contributed by atoms with van der Waals surface area (Å²) >= 11 is 0. The molecular formula is C14H15N3O3. The normalized spacial score (nSPS) is 16.8. The molecule has 0 aliphatic carbocycles. The molecular weight excluding hydrogens is 258 g/mol. The minimum Gasteiger partial charge on any atom is -0.492 e. The fraction of sp³-hybridized carbons (Fsp3) is 0.357. The first kappa shape index (κ1) is 13.9. The van der Waals surface area contributed by atoms with E-state index < -0.39 is 11.6 Å². The summed E-state index contributed by atoms with van der Waals surface area (Å²) in [6.07, 6.45) is 0. The second-order valence-corrected chi connectivity index (χ2v) is 5.00. The monoisotopic (exact) mass is 273 g/mol. The zero-order valence-electron chi connectivity index (χ0n) is 11.3. The summed E-state index contributed by atoms with van der Waals surface area (Å²) in [6, 6.07) is 8.32. The molecule has 1 heterocycles. The highest BCUT2D eigenvalue weighted by Crippen LogP contribution is 2.17. The average molecular weight is 273 g/mol. The van der Waals surface area contributed by atoms with Gasteiger partial charge in [-0.05, 0) is 32.0 Å². The van der Waals surface area contributed by atoms with Gasteiger partial charge in [-0.1, -0.05) is 6.07 Å². The van der Waals surface area contributed by atoms with Crippen molar-refractivity contribution in [3.05, 3.63) is 29.8 Å². The molecule has 1 aromatic rings. The Hall–Kier alpha value is -2.55. The van der Waals surface area contributed by atoms with Crippen LogP contribution in [0.5, 0.6) is 5.75 Å². The highest BCUT2D eigenvalue weighted by Gasteiger charge is 2.43. The number of hydrogen-bond donors (Lipinski definition) is 1. The first-order chi connectivity index (χ1) is 9.44. The number of carbonyl (C=O) groups excluding carboxylic acids is 2. The van der Waals surface area contributed by atoms with Crippen molar-refractivity contribution in [1.29, 1.82) is 5.26 Å². The minimum absolute atomic E-state index is 0.172. The Balaban J connectivity index is 1.92. The molecule has 6 heteroatoms. The maximum atomic E-state index is 11.9. The number of ether oxygens (including phenoxy) is 1. The van der Waals surface area contributed by atoms with E-state index in [9.17, 15) is 9.59 Å². The van der Waals surface area contributed by atoms with Crippen LogP contribution in [-0.2, 0) is 4.79 Å². The van der Waals surface area contributed by atoms with Crippen molar-refractivity contribution in [1.82, 2.24) is 10.2 Å². The maximum Gasteiger partial charge on any atom is 0.325 e. The SMILES string of the molecule is CC1(C)NC(=O)N(CCOc2cccc(C#N)c2)C1=O. The van der Waals surface area contributed by atoms with E-state index in [0.717, 1.165) is 4.90 Å². The first-order valence-electron chi connectivity index (χ1n) is 6.21. The zero-order chi connectivity index (χ0) is 14.8. The number of rotatable bonds is 4. The van der Waals surface area contributed by atoms with Crippen molar-refractivity contribution in [3.63, 3.8) is 0 Å². The molecule has 1 saturated heterocycles. The predicted molar refractivity (Wildman–Crippen MR) is 71.0 cm³/mol. The van der Waals surface area contributed by atoms with Crippen LogP contribution in [0, 0.1) is 11.3 Å². The summed E-state index contributed by atoms with van der Waals surface area (Å²) in [5.74, 6) is 0.271. The summed E-state index contributed by atoms with van der Waals surface area (Å²) in [4.78, 5) is 24.7. The van der Waals surface area contributed by atoms with Gasteiger partial charge in [0.25, 0.3) is 5.91 Å². The Labute approximate surface area is 116 Å². The van der Waals surface area contributed by atoms with E-state index >= 15 is 0 Å². The number of urea groups is 1. The second-order valence-electron chi connectivity index (χ2n) is 5.00. The van der Waals surface area contributed by atoms with Gasteiger partial charge >= 0.3 is 6.03 Å². The Morgan fingerprint density at radius 3 is 2.75 bits per heavy atom. The summed E-state index contributed by atoms with van der Waals surface area (Å²) < 4.78 is 5.45. The van der Waals surface area contributed by atoms with Crippen LogP contribution in [0.1, 0.15) is 19.4 Å². The number of benzene rings is 1. The van der Waals surface area contributed by atoms with Gasteiger partial charge < -0.3 is 10.1 Å². The van der Waals surface area contributed by atoms with Gasteiger partial charge in [0.05, 0.1) is 18.2 Å². The predicted octanol–water partition coefficient (Wildman–Crippen LogP) is 1.27. The van der Waals surface area contributed by atoms with Crippen molar-refractivity contribution in [2.24, 2.45) is 0 Å². The number of amides is 3. The molecule has 0 unspecified atom stereocenters. The molecule has 0 radical (unpaired) electrons. The molecule has 0 aromatic heterocycles. The van der Waals surface area contributed by atoms with Crippen LogP contribution in [0.3, 0.4) is 0 Å². The van der Waals surface area contributed by atoms with Crippen LogP contribution in [0.15, 0.2) is 24.3 Å². The summed E-state index contributed by atoms with van der Waals surface area (Å²) in [6.45, 7) is 3.67. The average Bonchev–Trinajstić information content (AvgIpc) is 2.61. The number of carbonyl (C=O) groups is 2. The fourth-order valence-corrected chi connectivity index (χ4v) is 1.93. The van der Waals surface area contributed by atoms with Crippen molar-refractivity contribution < 1.29 is 14.3 Å². The van der Waals surface area contributed by atoms with Crippen molar-refractivity contribution in [3.8, 4) is 11.8 Å². The summed E-state index contributed by atoms with van der Waals surface area (Å²) in [5, 5.41) is 11.4. The molecule has 1 aliphatic rings. The third-order valence-electron chi connectivity index (χ3n) is 2.99. The van der Waals surface area contributed by atoms with Crippen molar-refractivity contribution in [2.75, 3.05) is 13.2 Å². The van der Waals surface area contributed by atoms with Gasteiger partial charge in [0.15, 0.2) is 0 Å². The molecule has 6 nitrogen and oxygen atoms in total. The van der Waals surface area contributed by atoms with E-state index in [4.69, 9.17) is 10.00 Å². The minimum atomic E-state index is -0.863. The number of nitriles is 1. The maximum absolute atomic E-state index is 11.9. The van der Waals surface area contributed by atoms with E-state index in [1.165, 1.54) is 0 Å². The highest BCUT2D eigenvalue weighted by molar-refractivity contribution is 6.06. The standard InChI is InChI=1S/C14H15N3O3/c1-14(2)12(18)17(13(19)16-14)6-7-20-11-5-3-4-10(8-11)9-15/h3-5,8H,6-7H2,1-2H3,(H,16,19). The number of nitrogens with one attached hydrogen (secondary N) is 1. The van der Waals surface area contributed by atoms with Gasteiger partial charge in [-0.3, -0.25) is 9.69 Å². The second kappa shape index (κ2) is 5.21. The molecule has 20 heavy (non-hydrogen) atoms.